The van der Waals surface area contributed by atoms with Gasteiger partial charge in [-0.15, -0.1) is 0 Å². The third-order valence-corrected chi connectivity index (χ3v) is 7.47. The number of aryl methyl sites for hydroxylation is 1. The van der Waals surface area contributed by atoms with Gasteiger partial charge in [-0.2, -0.15) is 0 Å². The Kier molecular flexibility index (Phi) is 10.7. The Hall–Kier alpha value is -4.42. The molecule has 5 amide bonds. The molecule has 0 bridgehead atoms. The highest BCUT2D eigenvalue weighted by Crippen LogP contribution is 2.27. The highest BCUT2D eigenvalue weighted by Gasteiger charge is 2.28. The Morgan fingerprint density at radius 1 is 0.977 bits per heavy atom. The van der Waals surface area contributed by atoms with Crippen LogP contribution in [0.2, 0.25) is 0 Å². The number of benzene rings is 1. The van der Waals surface area contributed by atoms with Crippen molar-refractivity contribution in [1.82, 2.24) is 30.3 Å². The maximum Gasteiger partial charge on any atom is 0.409 e. The minimum Gasteiger partial charge on any atom is -0.483 e. The summed E-state index contributed by atoms with van der Waals surface area (Å²) in [6, 6.07) is 6.92. The summed E-state index contributed by atoms with van der Waals surface area (Å²) in [7, 11) is 0. The minimum atomic E-state index is -0.552. The van der Waals surface area contributed by atoms with Crippen LogP contribution < -0.4 is 15.4 Å². The van der Waals surface area contributed by atoms with E-state index in [9.17, 15) is 24.0 Å². The molecule has 1 aromatic carbocycles. The van der Waals surface area contributed by atoms with Crippen LogP contribution in [0.1, 0.15) is 49.2 Å². The zero-order valence-corrected chi connectivity index (χ0v) is 25.0. The van der Waals surface area contributed by atoms with Gasteiger partial charge in [0.05, 0.1) is 18.7 Å². The lowest BCUT2D eigenvalue weighted by Gasteiger charge is -2.34. The number of carbonyl (C=O) groups is 5. The topological polar surface area (TPSA) is 150 Å². The fourth-order valence-corrected chi connectivity index (χ4v) is 5.06. The average Bonchev–Trinajstić information content (AvgIpc) is 3.46. The van der Waals surface area contributed by atoms with E-state index in [1.807, 2.05) is 32.0 Å². The maximum atomic E-state index is 13.1. The maximum absolute atomic E-state index is 13.1. The number of pyridine rings is 1. The molecule has 0 radical (unpaired) electrons. The number of hydrogen-bond donors (Lipinski definition) is 2. The van der Waals surface area contributed by atoms with Gasteiger partial charge in [-0.3, -0.25) is 19.2 Å². The quantitative estimate of drug-likeness (QED) is 0.392. The Labute approximate surface area is 250 Å². The van der Waals surface area contributed by atoms with E-state index < -0.39 is 5.91 Å². The Bertz CT molecular complexity index is 1360. The zero-order valence-electron chi connectivity index (χ0n) is 25.0. The molecule has 4 rings (SSSR count). The van der Waals surface area contributed by atoms with Crippen LogP contribution in [0.15, 0.2) is 24.3 Å². The molecule has 0 saturated carbocycles. The number of fused-ring (bicyclic) bond motifs is 1. The molecule has 1 unspecified atom stereocenters. The highest BCUT2D eigenvalue weighted by molar-refractivity contribution is 5.98. The van der Waals surface area contributed by atoms with E-state index in [0.717, 1.165) is 18.4 Å². The molecule has 2 fully saturated rings. The molecule has 3 heterocycles. The van der Waals surface area contributed by atoms with Crippen molar-refractivity contribution in [3.05, 3.63) is 35.5 Å². The SMILES string of the molecule is CCCCOC(=O)N1CCN(C(=O)CNC(=O)c2cc(OCC(=O)N3CCC(NC(C)=O)C3)c3ccc(C)cc3n2)CC1. The van der Waals surface area contributed by atoms with Crippen molar-refractivity contribution < 1.29 is 33.4 Å². The number of nitrogens with one attached hydrogen (secondary N) is 2. The van der Waals surface area contributed by atoms with Gasteiger partial charge < -0.3 is 34.8 Å². The normalized spacial score (nSPS) is 16.6. The Morgan fingerprint density at radius 3 is 2.44 bits per heavy atom. The molecule has 232 valence electrons. The second-order valence-electron chi connectivity index (χ2n) is 10.9. The van der Waals surface area contributed by atoms with Gasteiger partial charge in [0.25, 0.3) is 11.8 Å². The van der Waals surface area contributed by atoms with Gasteiger partial charge in [-0.1, -0.05) is 19.4 Å². The number of unbranched alkanes of at least 4 members (excludes halogenated alkanes) is 1. The van der Waals surface area contributed by atoms with E-state index in [-0.39, 0.29) is 48.7 Å². The third-order valence-electron chi connectivity index (χ3n) is 7.47. The van der Waals surface area contributed by atoms with Crippen molar-refractivity contribution in [2.45, 2.75) is 46.1 Å². The molecule has 2 aliphatic heterocycles. The first-order chi connectivity index (χ1) is 20.6. The van der Waals surface area contributed by atoms with Gasteiger partial charge in [0.15, 0.2) is 6.61 Å². The molecule has 13 heteroatoms. The molecule has 0 aliphatic carbocycles. The summed E-state index contributed by atoms with van der Waals surface area (Å²) in [6.07, 6.45) is 2.04. The number of carbonyl (C=O) groups excluding carboxylic acids is 5. The molecule has 1 aromatic heterocycles. The summed E-state index contributed by atoms with van der Waals surface area (Å²) < 4.78 is 11.1. The fraction of sp³-hybridized carbons (Fsp3) is 0.533. The van der Waals surface area contributed by atoms with Gasteiger partial charge >= 0.3 is 6.09 Å². The molecule has 13 nitrogen and oxygen atoms in total. The summed E-state index contributed by atoms with van der Waals surface area (Å²) in [6.45, 7) is 7.63. The first kappa shape index (κ1) is 31.5. The Morgan fingerprint density at radius 2 is 1.72 bits per heavy atom. The minimum absolute atomic E-state index is 0.0555. The van der Waals surface area contributed by atoms with Crippen LogP contribution in [0, 0.1) is 6.92 Å². The third kappa shape index (κ3) is 8.55. The first-order valence-electron chi connectivity index (χ1n) is 14.7. The van der Waals surface area contributed by atoms with Crippen LogP contribution in [-0.2, 0) is 19.1 Å². The van der Waals surface area contributed by atoms with Crippen molar-refractivity contribution in [2.24, 2.45) is 0 Å². The number of aromatic nitrogens is 1. The number of nitrogens with zero attached hydrogens (tertiary/aromatic N) is 4. The molecule has 0 spiro atoms. The number of hydrogen-bond acceptors (Lipinski definition) is 8. The number of likely N-dealkylation sites (tertiary alicyclic amines) is 1. The van der Waals surface area contributed by atoms with Crippen LogP contribution in [0.3, 0.4) is 0 Å². The highest BCUT2D eigenvalue weighted by atomic mass is 16.6. The number of piperazine rings is 1. The molecule has 2 aromatic rings. The van der Waals surface area contributed by atoms with Gasteiger partial charge in [-0.05, 0) is 37.5 Å². The summed E-state index contributed by atoms with van der Waals surface area (Å²) in [5.74, 6) is -0.854. The van der Waals surface area contributed by atoms with Crippen LogP contribution in [-0.4, -0.2) is 114 Å². The number of amides is 5. The summed E-state index contributed by atoms with van der Waals surface area (Å²) in [5, 5.41) is 6.12. The molecule has 1 atom stereocenters. The van der Waals surface area contributed by atoms with E-state index >= 15 is 0 Å². The van der Waals surface area contributed by atoms with Gasteiger partial charge in [0.2, 0.25) is 11.8 Å². The molecular formula is C30H40N6O7. The smallest absolute Gasteiger partial charge is 0.409 e. The molecule has 2 saturated heterocycles. The van der Waals surface area contributed by atoms with Crippen molar-refractivity contribution in [2.75, 3.05) is 59.0 Å². The van der Waals surface area contributed by atoms with Crippen molar-refractivity contribution >= 4 is 40.6 Å². The zero-order chi connectivity index (χ0) is 30.9. The van der Waals surface area contributed by atoms with E-state index in [1.54, 1.807) is 14.7 Å². The lowest BCUT2D eigenvalue weighted by molar-refractivity contribution is -0.132. The lowest BCUT2D eigenvalue weighted by atomic mass is 10.1. The van der Waals surface area contributed by atoms with Crippen LogP contribution in [0.4, 0.5) is 4.79 Å². The van der Waals surface area contributed by atoms with Crippen LogP contribution in [0.5, 0.6) is 5.75 Å². The van der Waals surface area contributed by atoms with Crippen LogP contribution >= 0.6 is 0 Å². The summed E-state index contributed by atoms with van der Waals surface area (Å²) >= 11 is 0. The molecule has 2 aliphatic rings. The fourth-order valence-electron chi connectivity index (χ4n) is 5.06. The molecular weight excluding hydrogens is 556 g/mol. The summed E-state index contributed by atoms with van der Waals surface area (Å²) in [4.78, 5) is 71.5. The predicted molar refractivity (Wildman–Crippen MR) is 158 cm³/mol. The van der Waals surface area contributed by atoms with Crippen molar-refractivity contribution in [1.29, 1.82) is 0 Å². The van der Waals surface area contributed by atoms with Gasteiger partial charge in [-0.25, -0.2) is 9.78 Å². The number of rotatable bonds is 10. The van der Waals surface area contributed by atoms with E-state index in [2.05, 4.69) is 15.6 Å². The standard InChI is InChI=1S/C30H40N6O7/c1-4-5-14-42-30(41)35-12-10-34(11-13-35)27(38)17-31-29(40)25-16-26(23-7-6-20(2)15-24(23)33-25)43-19-28(39)36-9-8-22(18-36)32-21(3)37/h6-7,15-16,22H,4-5,8-14,17-19H2,1-3H3,(H,31,40)(H,32,37). The van der Waals surface area contributed by atoms with E-state index in [1.165, 1.54) is 13.0 Å². The predicted octanol–water partition coefficient (Wildman–Crippen LogP) is 1.47. The lowest BCUT2D eigenvalue weighted by Crippen LogP contribution is -2.52. The first-order valence-corrected chi connectivity index (χ1v) is 14.7. The van der Waals surface area contributed by atoms with Crippen LogP contribution in [0.25, 0.3) is 10.9 Å². The van der Waals surface area contributed by atoms with Gasteiger partial charge in [0.1, 0.15) is 11.4 Å². The van der Waals surface area contributed by atoms with E-state index in [0.29, 0.717) is 68.9 Å². The van der Waals surface area contributed by atoms with Crippen molar-refractivity contribution in [3.8, 4) is 5.75 Å². The largest absolute Gasteiger partial charge is 0.483 e. The average molecular weight is 597 g/mol. The molecule has 43 heavy (non-hydrogen) atoms. The van der Waals surface area contributed by atoms with Crippen molar-refractivity contribution in [3.63, 3.8) is 0 Å². The molecule has 2 N–H and O–H groups in total. The second-order valence-corrected chi connectivity index (χ2v) is 10.9. The number of ether oxygens (including phenoxy) is 2. The summed E-state index contributed by atoms with van der Waals surface area (Å²) in [5.41, 5.74) is 1.51. The monoisotopic (exact) mass is 596 g/mol. The van der Waals surface area contributed by atoms with E-state index in [4.69, 9.17) is 9.47 Å². The Balaban J connectivity index is 1.34. The van der Waals surface area contributed by atoms with Gasteiger partial charge in [0, 0.05) is 63.7 Å². The second kappa shape index (κ2) is 14.7.